The van der Waals surface area contributed by atoms with Crippen LogP contribution in [0.5, 0.6) is 6.01 Å². The number of nitrogen functional groups attached to an aromatic ring is 1. The molecule has 7 nitrogen and oxygen atoms in total. The Morgan fingerprint density at radius 2 is 1.83 bits per heavy atom. The number of thiazole rings is 1. The molecule has 0 spiro atoms. The van der Waals surface area contributed by atoms with Crippen molar-refractivity contribution in [3.63, 3.8) is 0 Å². The molecule has 6 rings (SSSR count). The number of anilines is 2. The molecule has 2 fully saturated rings. The summed E-state index contributed by atoms with van der Waals surface area (Å²) in [6.45, 7) is 9.86. The summed E-state index contributed by atoms with van der Waals surface area (Å²) in [6, 6.07) is 2.12. The van der Waals surface area contributed by atoms with Crippen molar-refractivity contribution in [3.05, 3.63) is 49.2 Å². The van der Waals surface area contributed by atoms with E-state index in [0.717, 1.165) is 68.3 Å². The minimum absolute atomic E-state index is 0. The van der Waals surface area contributed by atoms with Crippen LogP contribution in [0.2, 0.25) is 0 Å². The summed E-state index contributed by atoms with van der Waals surface area (Å²) in [7, 11) is 0. The molecule has 0 bridgehead atoms. The van der Waals surface area contributed by atoms with E-state index in [1.165, 1.54) is 0 Å². The Labute approximate surface area is 256 Å². The minimum atomic E-state index is -4.98. The maximum atomic E-state index is 16.5. The van der Waals surface area contributed by atoms with Gasteiger partial charge in [0.25, 0.3) is 0 Å². The maximum absolute atomic E-state index is 16.5. The molecule has 1 unspecified atom stereocenters. The number of hydrogen-bond donors (Lipinski definition) is 2. The second-order valence-corrected chi connectivity index (χ2v) is 11.6. The number of nitrogens with zero attached hydrogens (tertiary/aromatic N) is 4. The van der Waals surface area contributed by atoms with E-state index in [1.807, 2.05) is 0 Å². The smallest absolute Gasteiger partial charge is 0.461 e. The first-order valence-corrected chi connectivity index (χ1v) is 14.1. The Morgan fingerprint density at radius 1 is 1.12 bits per heavy atom. The molecule has 42 heavy (non-hydrogen) atoms. The van der Waals surface area contributed by atoms with Gasteiger partial charge in [0.2, 0.25) is 0 Å². The standard InChI is InChI=1S/C28H27F5N6OS.Os/c1-3-14(2)35-24-16-12-17(28(31,32)33)19(15-6-7-18(29)23-22(15)36-25(34)41-23)20(30)21(16)37-26(38-24)40-13-27-8-4-10-39(27)11-5-9-27;/h6-7,12,14H,1-5,8-11,13H2,(H2,34,36)(H,35,37,38);/q-2;+2. The normalized spacial score (nSPS) is 17.4. The molecule has 2 aromatic carbocycles. The van der Waals surface area contributed by atoms with Gasteiger partial charge in [0.1, 0.15) is 23.8 Å². The molecule has 2 aliphatic rings. The fourth-order valence-electron chi connectivity index (χ4n) is 5.99. The molecule has 1 atom stereocenters. The number of halogens is 5. The van der Waals surface area contributed by atoms with Gasteiger partial charge in [0, 0.05) is 16.5 Å². The van der Waals surface area contributed by atoms with Gasteiger partial charge >= 0.3 is 32.0 Å². The third-order valence-corrected chi connectivity index (χ3v) is 8.86. The van der Waals surface area contributed by atoms with Crippen LogP contribution in [0.15, 0.2) is 18.2 Å². The second-order valence-electron chi connectivity index (χ2n) is 10.5. The molecule has 3 N–H and O–H groups in total. The largest absolute Gasteiger partial charge is 2.00 e. The number of fused-ring (bicyclic) bond motifs is 3. The zero-order valence-corrected chi connectivity index (χ0v) is 25.7. The van der Waals surface area contributed by atoms with Gasteiger partial charge < -0.3 is 29.6 Å². The first kappa shape index (κ1) is 30.8. The second kappa shape index (κ2) is 11.4. The van der Waals surface area contributed by atoms with Crippen molar-refractivity contribution in [2.24, 2.45) is 0 Å². The summed E-state index contributed by atoms with van der Waals surface area (Å²) in [4.78, 5) is 15.0. The number of benzene rings is 2. The number of hydrogen-bond acceptors (Lipinski definition) is 8. The summed E-state index contributed by atoms with van der Waals surface area (Å²) >= 11 is 0.766. The minimum Gasteiger partial charge on any atom is -0.461 e. The van der Waals surface area contributed by atoms with Crippen LogP contribution in [0.3, 0.4) is 0 Å². The predicted molar refractivity (Wildman–Crippen MR) is 148 cm³/mol. The monoisotopic (exact) mass is 782 g/mol. The number of nitrogens with one attached hydrogen (secondary N) is 1. The molecule has 14 heteroatoms. The summed E-state index contributed by atoms with van der Waals surface area (Å²) < 4.78 is 80.4. The van der Waals surface area contributed by atoms with E-state index in [4.69, 9.17) is 10.5 Å². The molecular formula is C28H27F5N6OOsS. The van der Waals surface area contributed by atoms with Crippen LogP contribution in [0.25, 0.3) is 32.2 Å². The van der Waals surface area contributed by atoms with Crippen molar-refractivity contribution in [1.29, 1.82) is 0 Å². The number of ether oxygens (including phenoxy) is 1. The van der Waals surface area contributed by atoms with E-state index in [-0.39, 0.29) is 82.0 Å². The molecule has 2 aromatic heterocycles. The van der Waals surface area contributed by atoms with Crippen molar-refractivity contribution in [1.82, 2.24) is 19.9 Å². The van der Waals surface area contributed by atoms with Crippen LogP contribution < -0.4 is 15.8 Å². The fraction of sp³-hybridized carbons (Fsp3) is 0.393. The molecule has 0 saturated carbocycles. The van der Waals surface area contributed by atoms with Gasteiger partial charge in [0.15, 0.2) is 10.9 Å². The van der Waals surface area contributed by atoms with Gasteiger partial charge in [-0.2, -0.15) is 29.6 Å². The summed E-state index contributed by atoms with van der Waals surface area (Å²) in [6.07, 6.45) is -0.744. The Morgan fingerprint density at radius 3 is 2.50 bits per heavy atom. The Hall–Kier alpha value is -2.68. The quantitative estimate of drug-likeness (QED) is 0.161. The summed E-state index contributed by atoms with van der Waals surface area (Å²) in [5.41, 5.74) is 2.67. The Bertz CT molecular complexity index is 1640. The third-order valence-electron chi connectivity index (χ3n) is 7.97. The SMILES string of the molecule is [CH2-]CC([CH2-])Nc1nc(OCC23CCCN2CCC3)nc2c(F)c(-c3ccc(F)c4sc(N)nc34)c(C(F)(F)F)cc12.[Os+2]. The topological polar surface area (TPSA) is 89.2 Å². The third kappa shape index (κ3) is 5.31. The maximum Gasteiger partial charge on any atom is 2.00 e. The average molecular weight is 781 g/mol. The van der Waals surface area contributed by atoms with Gasteiger partial charge in [-0.05, 0) is 57.0 Å². The average Bonchev–Trinajstić information content (AvgIpc) is 3.62. The summed E-state index contributed by atoms with van der Waals surface area (Å²) in [5.74, 6) is -2.04. The molecule has 4 heterocycles. The predicted octanol–water partition coefficient (Wildman–Crippen LogP) is 6.63. The number of aromatic nitrogens is 3. The molecular weight excluding hydrogens is 754 g/mol. The zero-order valence-electron chi connectivity index (χ0n) is 22.3. The molecule has 0 radical (unpaired) electrons. The number of nitrogens with two attached hydrogens (primary N) is 1. The van der Waals surface area contributed by atoms with Crippen molar-refractivity contribution < 1.29 is 46.5 Å². The van der Waals surface area contributed by atoms with E-state index in [2.05, 4.69) is 39.0 Å². The van der Waals surface area contributed by atoms with Gasteiger partial charge in [-0.1, -0.05) is 11.3 Å². The molecule has 224 valence electrons. The van der Waals surface area contributed by atoms with Crippen molar-refractivity contribution in [3.8, 4) is 17.1 Å². The molecule has 2 saturated heterocycles. The van der Waals surface area contributed by atoms with Crippen LogP contribution in [0, 0.1) is 25.5 Å². The van der Waals surface area contributed by atoms with Crippen LogP contribution in [-0.2, 0) is 26.0 Å². The van der Waals surface area contributed by atoms with Crippen LogP contribution in [-0.4, -0.2) is 51.1 Å². The first-order valence-electron chi connectivity index (χ1n) is 13.2. The Balaban J connectivity index is 0.00000353. The van der Waals surface area contributed by atoms with Crippen molar-refractivity contribution in [2.45, 2.75) is 49.9 Å². The van der Waals surface area contributed by atoms with E-state index < -0.39 is 35.0 Å². The van der Waals surface area contributed by atoms with Crippen LogP contribution >= 0.6 is 11.3 Å². The van der Waals surface area contributed by atoms with E-state index in [1.54, 1.807) is 0 Å². The van der Waals surface area contributed by atoms with Crippen molar-refractivity contribution >= 4 is 43.4 Å². The molecule has 4 aromatic rings. The number of alkyl halides is 3. The van der Waals surface area contributed by atoms with E-state index in [9.17, 15) is 17.6 Å². The zero-order chi connectivity index (χ0) is 29.1. The first-order chi connectivity index (χ1) is 19.5. The summed E-state index contributed by atoms with van der Waals surface area (Å²) in [5, 5.41) is 2.66. The van der Waals surface area contributed by atoms with Crippen LogP contribution in [0.1, 0.15) is 37.7 Å². The van der Waals surface area contributed by atoms with Gasteiger partial charge in [-0.3, -0.25) is 4.90 Å². The molecule has 0 aliphatic carbocycles. The van der Waals surface area contributed by atoms with Gasteiger partial charge in [-0.15, -0.1) is 6.04 Å². The van der Waals surface area contributed by atoms with Gasteiger partial charge in [-0.25, -0.2) is 13.8 Å². The molecule has 2 aliphatic heterocycles. The number of rotatable bonds is 7. The van der Waals surface area contributed by atoms with E-state index >= 15 is 4.39 Å². The van der Waals surface area contributed by atoms with Crippen molar-refractivity contribution in [2.75, 3.05) is 30.7 Å². The van der Waals surface area contributed by atoms with Gasteiger partial charge in [0.05, 0.1) is 21.3 Å². The fourth-order valence-corrected chi connectivity index (χ4v) is 6.75. The Kier molecular flexibility index (Phi) is 8.37. The molecule has 0 amide bonds. The van der Waals surface area contributed by atoms with E-state index in [0.29, 0.717) is 0 Å². The van der Waals surface area contributed by atoms with Crippen LogP contribution in [0.4, 0.5) is 32.9 Å².